The summed E-state index contributed by atoms with van der Waals surface area (Å²) in [6.45, 7) is 12.9. The average Bonchev–Trinajstić information content (AvgIpc) is 2.67. The summed E-state index contributed by atoms with van der Waals surface area (Å²) in [4.78, 5) is 4.64. The minimum Gasteiger partial charge on any atom is -0.286 e. The molecule has 1 atom stereocenters. The van der Waals surface area contributed by atoms with Crippen LogP contribution in [0, 0.1) is 5.41 Å². The first-order chi connectivity index (χ1) is 6.15. The molecule has 1 fully saturated rings. The highest BCUT2D eigenvalue weighted by molar-refractivity contribution is 5.61. The molecule has 0 heterocycles. The van der Waals surface area contributed by atoms with Crippen LogP contribution in [0.3, 0.4) is 0 Å². The van der Waals surface area contributed by atoms with Gasteiger partial charge in [-0.1, -0.05) is 27.4 Å². The van der Waals surface area contributed by atoms with E-state index in [0.29, 0.717) is 5.41 Å². The largest absolute Gasteiger partial charge is 0.286 e. The van der Waals surface area contributed by atoms with Crippen LogP contribution in [0.4, 0.5) is 0 Å². The van der Waals surface area contributed by atoms with Crippen molar-refractivity contribution < 1.29 is 0 Å². The molecule has 1 unspecified atom stereocenters. The van der Waals surface area contributed by atoms with Gasteiger partial charge in [-0.15, -0.1) is 0 Å². The van der Waals surface area contributed by atoms with Crippen molar-refractivity contribution in [1.29, 1.82) is 0 Å². The molecule has 13 heavy (non-hydrogen) atoms. The molecule has 1 aliphatic rings. The number of aliphatic imine (C=N–C) groups is 1. The quantitative estimate of drug-likeness (QED) is 0.462. The molecule has 0 saturated heterocycles. The van der Waals surface area contributed by atoms with Gasteiger partial charge in [-0.25, -0.2) is 0 Å². The lowest BCUT2D eigenvalue weighted by Gasteiger charge is -2.17. The van der Waals surface area contributed by atoms with Gasteiger partial charge in [0.2, 0.25) is 0 Å². The van der Waals surface area contributed by atoms with Crippen LogP contribution in [0.5, 0.6) is 0 Å². The van der Waals surface area contributed by atoms with Gasteiger partial charge in [-0.3, -0.25) is 4.99 Å². The molecule has 0 aromatic heterocycles. The van der Waals surface area contributed by atoms with Crippen LogP contribution in [-0.2, 0) is 0 Å². The normalized spacial score (nSPS) is 31.2. The lowest BCUT2D eigenvalue weighted by atomic mass is 9.92. The fourth-order valence-corrected chi connectivity index (χ4v) is 2.96. The smallest absolute Gasteiger partial charge is 0.0907 e. The summed E-state index contributed by atoms with van der Waals surface area (Å²) in [7, 11) is 0. The Morgan fingerprint density at radius 1 is 1.23 bits per heavy atom. The maximum Gasteiger partial charge on any atom is 0.0907 e. The maximum absolute atomic E-state index is 4.64. The Hall–Kier alpha value is -0.590. The Morgan fingerprint density at radius 3 is 2.00 bits per heavy atom. The Kier molecular flexibility index (Phi) is 2.65. The molecule has 0 aromatic carbocycles. The van der Waals surface area contributed by atoms with Gasteiger partial charge in [0, 0.05) is 5.41 Å². The van der Waals surface area contributed by atoms with Gasteiger partial charge in [-0.2, -0.15) is 0 Å². The van der Waals surface area contributed by atoms with Crippen LogP contribution < -0.4 is 0 Å². The van der Waals surface area contributed by atoms with Crippen LogP contribution in [-0.4, -0.2) is 11.8 Å². The van der Waals surface area contributed by atoms with Crippen molar-refractivity contribution in [2.75, 3.05) is 0 Å². The molecule has 1 rings (SSSR count). The Morgan fingerprint density at radius 2 is 1.77 bits per heavy atom. The summed E-state index contributed by atoms with van der Waals surface area (Å²) in [6.07, 6.45) is 5.38. The lowest BCUT2D eigenvalue weighted by Crippen LogP contribution is -2.16. The van der Waals surface area contributed by atoms with E-state index in [-0.39, 0.29) is 5.54 Å². The van der Waals surface area contributed by atoms with E-state index in [1.165, 1.54) is 18.4 Å². The van der Waals surface area contributed by atoms with Crippen LogP contribution in [0.1, 0.15) is 47.0 Å². The molecule has 0 aromatic rings. The highest BCUT2D eigenvalue weighted by atomic mass is 15.0. The molecule has 1 heteroatoms. The number of nitrogens with zero attached hydrogens (tertiary/aromatic N) is 1. The highest BCUT2D eigenvalue weighted by Gasteiger charge is 2.67. The third-order valence-electron chi connectivity index (χ3n) is 3.87. The molecule has 0 N–H and O–H groups in total. The van der Waals surface area contributed by atoms with Gasteiger partial charge in [-0.05, 0) is 38.0 Å². The number of hydrogen-bond acceptors (Lipinski definition) is 1. The zero-order valence-electron chi connectivity index (χ0n) is 9.35. The first-order valence-corrected chi connectivity index (χ1v) is 5.34. The minimum absolute atomic E-state index is 0.0885. The Labute approximate surface area is 82.0 Å². The summed E-state index contributed by atoms with van der Waals surface area (Å²) >= 11 is 0. The molecule has 0 amide bonds. The van der Waals surface area contributed by atoms with Gasteiger partial charge in [0.1, 0.15) is 0 Å². The van der Waals surface area contributed by atoms with Crippen LogP contribution in [0.15, 0.2) is 17.1 Å². The average molecular weight is 179 g/mol. The number of hydrogen-bond donors (Lipinski definition) is 0. The molecule has 0 bridgehead atoms. The van der Waals surface area contributed by atoms with Crippen LogP contribution in [0.2, 0.25) is 0 Å². The fourth-order valence-electron chi connectivity index (χ4n) is 2.96. The maximum atomic E-state index is 4.64. The number of rotatable bonds is 4. The van der Waals surface area contributed by atoms with E-state index in [4.69, 9.17) is 0 Å². The van der Waals surface area contributed by atoms with E-state index in [1.54, 1.807) is 0 Å². The molecule has 1 nitrogen and oxygen atoms in total. The second-order valence-corrected chi connectivity index (χ2v) is 3.87. The Bertz CT molecular complexity index is 236. The summed E-state index contributed by atoms with van der Waals surface area (Å²) in [6, 6.07) is 0. The minimum atomic E-state index is 0.0885. The molecule has 0 aliphatic heterocycles. The van der Waals surface area contributed by atoms with Crippen molar-refractivity contribution in [2.45, 2.75) is 52.5 Å². The fraction of sp³-hybridized carbons (Fsp3) is 0.750. The van der Waals surface area contributed by atoms with Crippen molar-refractivity contribution in [3.8, 4) is 0 Å². The van der Waals surface area contributed by atoms with Crippen molar-refractivity contribution >= 4 is 6.21 Å². The highest BCUT2D eigenvalue weighted by Crippen LogP contribution is 2.68. The summed E-state index contributed by atoms with van der Waals surface area (Å²) in [5, 5.41) is 0. The standard InChI is InChI=1S/C12H21N/c1-6-11(7-2)10(5)12(11,8-3)13-9-4/h9H,5-8H2,1-4H3. The van der Waals surface area contributed by atoms with Crippen LogP contribution in [0.25, 0.3) is 0 Å². The topological polar surface area (TPSA) is 12.4 Å². The van der Waals surface area contributed by atoms with Crippen molar-refractivity contribution in [2.24, 2.45) is 10.4 Å². The van der Waals surface area contributed by atoms with E-state index in [9.17, 15) is 0 Å². The monoisotopic (exact) mass is 179 g/mol. The molecule has 1 saturated carbocycles. The molecule has 0 radical (unpaired) electrons. The van der Waals surface area contributed by atoms with Gasteiger partial charge < -0.3 is 0 Å². The lowest BCUT2D eigenvalue weighted by molar-refractivity contribution is 0.385. The zero-order valence-corrected chi connectivity index (χ0v) is 9.35. The third-order valence-corrected chi connectivity index (χ3v) is 3.87. The molecule has 0 spiro atoms. The second kappa shape index (κ2) is 3.28. The second-order valence-electron chi connectivity index (χ2n) is 3.87. The van der Waals surface area contributed by atoms with Crippen molar-refractivity contribution in [1.82, 2.24) is 0 Å². The van der Waals surface area contributed by atoms with E-state index in [1.807, 2.05) is 13.1 Å². The molecule has 74 valence electrons. The molecular weight excluding hydrogens is 158 g/mol. The zero-order chi connectivity index (χ0) is 10.1. The first kappa shape index (κ1) is 10.5. The van der Waals surface area contributed by atoms with Gasteiger partial charge in [0.05, 0.1) is 5.54 Å². The van der Waals surface area contributed by atoms with Crippen LogP contribution >= 0.6 is 0 Å². The summed E-state index contributed by atoms with van der Waals surface area (Å²) in [5.41, 5.74) is 1.75. The molecular formula is C12H21N. The van der Waals surface area contributed by atoms with Crippen molar-refractivity contribution in [3.05, 3.63) is 12.2 Å². The van der Waals surface area contributed by atoms with E-state index in [2.05, 4.69) is 32.3 Å². The van der Waals surface area contributed by atoms with E-state index in [0.717, 1.165) is 6.42 Å². The molecule has 1 aliphatic carbocycles. The Balaban J connectivity index is 3.00. The van der Waals surface area contributed by atoms with Crippen molar-refractivity contribution in [3.63, 3.8) is 0 Å². The van der Waals surface area contributed by atoms with E-state index < -0.39 is 0 Å². The predicted octanol–water partition coefficient (Wildman–Crippen LogP) is 3.60. The van der Waals surface area contributed by atoms with Gasteiger partial charge in [0.15, 0.2) is 0 Å². The third kappa shape index (κ3) is 1.02. The summed E-state index contributed by atoms with van der Waals surface area (Å²) < 4.78 is 0. The predicted molar refractivity (Wildman–Crippen MR) is 59.3 cm³/mol. The van der Waals surface area contributed by atoms with E-state index >= 15 is 0 Å². The summed E-state index contributed by atoms with van der Waals surface area (Å²) in [5.74, 6) is 0. The first-order valence-electron chi connectivity index (χ1n) is 5.34. The SMILES string of the molecule is C=C1C(CC)(CC)C1(CC)N=CC. The van der Waals surface area contributed by atoms with Gasteiger partial charge in [0.25, 0.3) is 0 Å². The van der Waals surface area contributed by atoms with Gasteiger partial charge >= 0.3 is 0 Å².